The normalized spacial score (nSPS) is 8.75. The molecular formula is C11H18O. The Hall–Kier alpha value is -0.820. The molecule has 0 aliphatic rings. The molecule has 12 heavy (non-hydrogen) atoms. The van der Waals surface area contributed by atoms with E-state index >= 15 is 0 Å². The zero-order valence-corrected chi connectivity index (χ0v) is 8.39. The lowest BCUT2D eigenvalue weighted by Crippen LogP contribution is -1.87. The van der Waals surface area contributed by atoms with Gasteiger partial charge in [0, 0.05) is 0 Å². The molecule has 0 aliphatic carbocycles. The van der Waals surface area contributed by atoms with Crippen molar-refractivity contribution in [3.8, 4) is 0 Å². The number of rotatable bonds is 1. The Morgan fingerprint density at radius 1 is 1.17 bits per heavy atom. The van der Waals surface area contributed by atoms with E-state index in [4.69, 9.17) is 5.11 Å². The molecule has 0 bridgehead atoms. The van der Waals surface area contributed by atoms with Gasteiger partial charge in [0.05, 0.1) is 6.61 Å². The number of benzene rings is 1. The van der Waals surface area contributed by atoms with Gasteiger partial charge in [0.1, 0.15) is 0 Å². The molecule has 0 fully saturated rings. The molecule has 1 nitrogen and oxygen atoms in total. The highest BCUT2D eigenvalue weighted by atomic mass is 16.3. The van der Waals surface area contributed by atoms with Gasteiger partial charge in [-0.15, -0.1) is 0 Å². The summed E-state index contributed by atoms with van der Waals surface area (Å²) in [6, 6.07) is 6.05. The van der Waals surface area contributed by atoms with E-state index in [9.17, 15) is 0 Å². The van der Waals surface area contributed by atoms with Gasteiger partial charge in [-0.2, -0.15) is 0 Å². The summed E-state index contributed by atoms with van der Waals surface area (Å²) >= 11 is 0. The van der Waals surface area contributed by atoms with Crippen molar-refractivity contribution in [1.82, 2.24) is 0 Å². The van der Waals surface area contributed by atoms with Crippen molar-refractivity contribution in [2.45, 2.75) is 34.3 Å². The van der Waals surface area contributed by atoms with Crippen LogP contribution in [-0.2, 0) is 6.61 Å². The van der Waals surface area contributed by atoms with Gasteiger partial charge in [0.2, 0.25) is 0 Å². The van der Waals surface area contributed by atoms with Gasteiger partial charge in [-0.05, 0) is 25.0 Å². The second kappa shape index (κ2) is 5.78. The molecule has 1 heteroatoms. The van der Waals surface area contributed by atoms with Gasteiger partial charge in [-0.1, -0.05) is 37.6 Å². The van der Waals surface area contributed by atoms with Crippen molar-refractivity contribution in [3.05, 3.63) is 34.9 Å². The Balaban J connectivity index is 0.000000561. The molecule has 0 unspecified atom stereocenters. The van der Waals surface area contributed by atoms with E-state index in [1.54, 1.807) is 0 Å². The van der Waals surface area contributed by atoms with Crippen LogP contribution in [0.1, 0.15) is 30.5 Å². The van der Waals surface area contributed by atoms with E-state index in [2.05, 4.69) is 6.07 Å². The van der Waals surface area contributed by atoms with Gasteiger partial charge in [-0.25, -0.2) is 0 Å². The molecule has 0 saturated carbocycles. The molecule has 1 rings (SSSR count). The van der Waals surface area contributed by atoms with Crippen molar-refractivity contribution >= 4 is 0 Å². The quantitative estimate of drug-likeness (QED) is 0.680. The Morgan fingerprint density at radius 2 is 1.75 bits per heavy atom. The number of hydrogen-bond donors (Lipinski definition) is 1. The van der Waals surface area contributed by atoms with Crippen LogP contribution in [0, 0.1) is 13.8 Å². The monoisotopic (exact) mass is 166 g/mol. The maximum absolute atomic E-state index is 8.81. The topological polar surface area (TPSA) is 20.2 Å². The zero-order chi connectivity index (χ0) is 9.56. The number of hydrogen-bond acceptors (Lipinski definition) is 1. The largest absolute Gasteiger partial charge is 0.392 e. The maximum atomic E-state index is 8.81. The summed E-state index contributed by atoms with van der Waals surface area (Å²) in [6.45, 7) is 8.21. The second-order valence-corrected chi connectivity index (χ2v) is 2.59. The lowest BCUT2D eigenvalue weighted by molar-refractivity contribution is 0.281. The second-order valence-electron chi connectivity index (χ2n) is 2.59. The average molecular weight is 166 g/mol. The lowest BCUT2D eigenvalue weighted by Gasteiger charge is -2.01. The predicted octanol–water partition coefficient (Wildman–Crippen LogP) is 2.82. The summed E-state index contributed by atoms with van der Waals surface area (Å²) in [5, 5.41) is 8.81. The summed E-state index contributed by atoms with van der Waals surface area (Å²) in [5.41, 5.74) is 3.43. The van der Waals surface area contributed by atoms with E-state index in [-0.39, 0.29) is 6.61 Å². The molecule has 0 aliphatic heterocycles. The third-order valence-electron chi connectivity index (χ3n) is 1.67. The van der Waals surface area contributed by atoms with Crippen molar-refractivity contribution in [2.24, 2.45) is 0 Å². The minimum Gasteiger partial charge on any atom is -0.392 e. The highest BCUT2D eigenvalue weighted by molar-refractivity contribution is 5.29. The summed E-state index contributed by atoms with van der Waals surface area (Å²) in [5.74, 6) is 0. The number of aliphatic hydroxyl groups excluding tert-OH is 1. The first-order valence-electron chi connectivity index (χ1n) is 4.41. The molecule has 1 aromatic carbocycles. The maximum Gasteiger partial charge on any atom is 0.0684 e. The fraction of sp³-hybridized carbons (Fsp3) is 0.455. The van der Waals surface area contributed by atoms with Crippen molar-refractivity contribution in [3.63, 3.8) is 0 Å². The smallest absolute Gasteiger partial charge is 0.0684 e. The zero-order valence-electron chi connectivity index (χ0n) is 8.39. The van der Waals surface area contributed by atoms with E-state index in [1.807, 2.05) is 39.8 Å². The third kappa shape index (κ3) is 3.05. The predicted molar refractivity (Wildman–Crippen MR) is 53.2 cm³/mol. The Morgan fingerprint density at radius 3 is 2.17 bits per heavy atom. The summed E-state index contributed by atoms with van der Waals surface area (Å²) in [7, 11) is 0. The first kappa shape index (κ1) is 11.2. The lowest BCUT2D eigenvalue weighted by atomic mass is 10.1. The SMILES string of the molecule is CC.Cc1ccc(CO)c(C)c1. The van der Waals surface area contributed by atoms with Gasteiger partial charge < -0.3 is 5.11 Å². The van der Waals surface area contributed by atoms with Gasteiger partial charge >= 0.3 is 0 Å². The standard InChI is InChI=1S/C9H12O.C2H6/c1-7-3-4-9(6-10)8(2)5-7;1-2/h3-5,10H,6H2,1-2H3;1-2H3. The molecule has 1 N–H and O–H groups in total. The number of aliphatic hydroxyl groups is 1. The third-order valence-corrected chi connectivity index (χ3v) is 1.67. The van der Waals surface area contributed by atoms with Crippen LogP contribution in [0.2, 0.25) is 0 Å². The first-order chi connectivity index (χ1) is 5.74. The molecule has 0 aromatic heterocycles. The fourth-order valence-electron chi connectivity index (χ4n) is 1.02. The molecule has 0 atom stereocenters. The van der Waals surface area contributed by atoms with Crippen LogP contribution in [0.15, 0.2) is 18.2 Å². The average Bonchev–Trinajstić information content (AvgIpc) is 2.08. The van der Waals surface area contributed by atoms with Crippen LogP contribution in [0.25, 0.3) is 0 Å². The van der Waals surface area contributed by atoms with Gasteiger partial charge in [-0.3, -0.25) is 0 Å². The van der Waals surface area contributed by atoms with Gasteiger partial charge in [0.25, 0.3) is 0 Å². The van der Waals surface area contributed by atoms with E-state index < -0.39 is 0 Å². The molecule has 0 saturated heterocycles. The summed E-state index contributed by atoms with van der Waals surface area (Å²) in [6.07, 6.45) is 0. The molecule has 1 aromatic rings. The Labute approximate surface area is 75.1 Å². The molecule has 0 heterocycles. The van der Waals surface area contributed by atoms with Crippen LogP contribution in [0.5, 0.6) is 0 Å². The van der Waals surface area contributed by atoms with Crippen molar-refractivity contribution in [1.29, 1.82) is 0 Å². The minimum atomic E-state index is 0.145. The van der Waals surface area contributed by atoms with Crippen LogP contribution in [0.3, 0.4) is 0 Å². The fourth-order valence-corrected chi connectivity index (χ4v) is 1.02. The van der Waals surface area contributed by atoms with E-state index in [1.165, 1.54) is 11.1 Å². The van der Waals surface area contributed by atoms with Crippen molar-refractivity contribution in [2.75, 3.05) is 0 Å². The highest BCUT2D eigenvalue weighted by Crippen LogP contribution is 2.09. The molecule has 0 radical (unpaired) electrons. The van der Waals surface area contributed by atoms with Crippen LogP contribution in [0.4, 0.5) is 0 Å². The first-order valence-corrected chi connectivity index (χ1v) is 4.41. The highest BCUT2D eigenvalue weighted by Gasteiger charge is 1.94. The molecule has 0 amide bonds. The molecule has 68 valence electrons. The summed E-state index contributed by atoms with van der Waals surface area (Å²) in [4.78, 5) is 0. The number of aryl methyl sites for hydroxylation is 2. The minimum absolute atomic E-state index is 0.145. The molecular weight excluding hydrogens is 148 g/mol. The van der Waals surface area contributed by atoms with Gasteiger partial charge in [0.15, 0.2) is 0 Å². The Bertz CT molecular complexity index is 228. The summed E-state index contributed by atoms with van der Waals surface area (Å²) < 4.78 is 0. The van der Waals surface area contributed by atoms with Crippen LogP contribution in [-0.4, -0.2) is 5.11 Å². The van der Waals surface area contributed by atoms with E-state index in [0.717, 1.165) is 5.56 Å². The Kier molecular flexibility index (Phi) is 5.39. The van der Waals surface area contributed by atoms with E-state index in [0.29, 0.717) is 0 Å². The molecule has 0 spiro atoms. The van der Waals surface area contributed by atoms with Crippen molar-refractivity contribution < 1.29 is 5.11 Å². The van der Waals surface area contributed by atoms with Crippen LogP contribution >= 0.6 is 0 Å². The van der Waals surface area contributed by atoms with Crippen LogP contribution < -0.4 is 0 Å².